The Balaban J connectivity index is 2.40. The minimum atomic E-state index is -3.98. The molecule has 4 nitrogen and oxygen atoms in total. The fourth-order valence-corrected chi connectivity index (χ4v) is 2.34. The molecule has 1 N–H and O–H groups in total. The zero-order valence-corrected chi connectivity index (χ0v) is 10.5. The summed E-state index contributed by atoms with van der Waals surface area (Å²) in [6.45, 7) is 0.218. The van der Waals surface area contributed by atoms with Crippen LogP contribution in [0.1, 0.15) is 32.1 Å². The molecule has 1 saturated carbocycles. The van der Waals surface area contributed by atoms with Crippen molar-refractivity contribution < 1.29 is 22.0 Å². The van der Waals surface area contributed by atoms with Crippen molar-refractivity contribution in [1.82, 2.24) is 5.32 Å². The average Bonchev–Trinajstić information content (AvgIpc) is 2.35. The maximum Gasteiger partial charge on any atom is 0.421 e. The molecule has 1 aliphatic carbocycles. The second-order valence-corrected chi connectivity index (χ2v) is 5.45. The van der Waals surface area contributed by atoms with Gasteiger partial charge in [-0.05, 0) is 18.8 Å². The molecule has 0 bridgehead atoms. The Hall–Kier alpha value is -0.560. The third kappa shape index (κ3) is 3.99. The maximum atomic E-state index is 13.1. The topological polar surface area (TPSA) is 55.4 Å². The van der Waals surface area contributed by atoms with Crippen LogP contribution >= 0.6 is 0 Å². The van der Waals surface area contributed by atoms with Crippen molar-refractivity contribution in [3.63, 3.8) is 0 Å². The van der Waals surface area contributed by atoms with E-state index in [-0.39, 0.29) is 12.5 Å². The van der Waals surface area contributed by atoms with Crippen LogP contribution in [-0.2, 0) is 20.1 Å². The van der Waals surface area contributed by atoms with Crippen LogP contribution in [0.4, 0.5) is 8.78 Å². The number of hydrogen-bond acceptors (Lipinski definition) is 3. The molecular weight excluding hydrogens is 252 g/mol. The zero-order chi connectivity index (χ0) is 12.9. The van der Waals surface area contributed by atoms with Crippen molar-refractivity contribution >= 4 is 17.0 Å². The highest BCUT2D eigenvalue weighted by molar-refractivity contribution is 7.82. The van der Waals surface area contributed by atoms with Gasteiger partial charge in [0.2, 0.25) is 11.1 Å². The van der Waals surface area contributed by atoms with E-state index in [2.05, 4.69) is 9.50 Å². The number of amides is 1. The van der Waals surface area contributed by atoms with Crippen LogP contribution in [0.3, 0.4) is 0 Å². The van der Waals surface area contributed by atoms with Gasteiger partial charge in [0.15, 0.2) is 0 Å². The van der Waals surface area contributed by atoms with Crippen molar-refractivity contribution in [2.75, 3.05) is 13.7 Å². The molecule has 17 heavy (non-hydrogen) atoms. The van der Waals surface area contributed by atoms with Crippen LogP contribution in [0, 0.1) is 5.92 Å². The first-order chi connectivity index (χ1) is 7.98. The van der Waals surface area contributed by atoms with Crippen LogP contribution in [0.15, 0.2) is 0 Å². The smallest absolute Gasteiger partial charge is 0.350 e. The highest BCUT2D eigenvalue weighted by atomic mass is 32.2. The van der Waals surface area contributed by atoms with Crippen LogP contribution < -0.4 is 5.32 Å². The van der Waals surface area contributed by atoms with Crippen molar-refractivity contribution in [3.05, 3.63) is 0 Å². The largest absolute Gasteiger partial charge is 0.421 e. The Kier molecular flexibility index (Phi) is 5.45. The fraction of sp³-hybridized carbons (Fsp3) is 0.900. The summed E-state index contributed by atoms with van der Waals surface area (Å²) in [6.07, 6.45) is 5.19. The summed E-state index contributed by atoms with van der Waals surface area (Å²) < 4.78 is 41.0. The zero-order valence-electron chi connectivity index (χ0n) is 9.71. The first-order valence-corrected chi connectivity index (χ1v) is 6.68. The SMILES string of the molecule is COS(=O)C(F)(F)C(=O)NCC1CCCCC1. The van der Waals surface area contributed by atoms with Gasteiger partial charge in [0.05, 0.1) is 7.11 Å². The third-order valence-corrected chi connectivity index (χ3v) is 3.81. The van der Waals surface area contributed by atoms with Gasteiger partial charge in [0, 0.05) is 6.54 Å². The average molecular weight is 269 g/mol. The Morgan fingerprint density at radius 3 is 2.53 bits per heavy atom. The Bertz CT molecular complexity index is 293. The van der Waals surface area contributed by atoms with Gasteiger partial charge in [-0.15, -0.1) is 0 Å². The highest BCUT2D eigenvalue weighted by Gasteiger charge is 2.46. The van der Waals surface area contributed by atoms with Gasteiger partial charge in [-0.1, -0.05) is 19.3 Å². The Morgan fingerprint density at radius 1 is 1.41 bits per heavy atom. The lowest BCUT2D eigenvalue weighted by atomic mass is 9.89. The number of carbonyl (C=O) groups excluding carboxylic acids is 1. The maximum absolute atomic E-state index is 13.1. The third-order valence-electron chi connectivity index (χ3n) is 2.90. The van der Waals surface area contributed by atoms with E-state index in [0.29, 0.717) is 0 Å². The lowest BCUT2D eigenvalue weighted by Crippen LogP contribution is -2.45. The van der Waals surface area contributed by atoms with Gasteiger partial charge < -0.3 is 5.32 Å². The second kappa shape index (κ2) is 6.39. The molecule has 0 aromatic heterocycles. The molecule has 1 aliphatic rings. The Labute approximate surface area is 102 Å². The van der Waals surface area contributed by atoms with E-state index in [4.69, 9.17) is 0 Å². The lowest BCUT2D eigenvalue weighted by Gasteiger charge is -2.22. The summed E-state index contributed by atoms with van der Waals surface area (Å²) in [5, 5.41) is -1.84. The van der Waals surface area contributed by atoms with Crippen LogP contribution in [0.5, 0.6) is 0 Å². The number of alkyl halides is 2. The molecule has 0 aliphatic heterocycles. The molecule has 1 amide bonds. The minimum absolute atomic E-state index is 0.218. The Morgan fingerprint density at radius 2 is 2.00 bits per heavy atom. The molecule has 0 radical (unpaired) electrons. The lowest BCUT2D eigenvalue weighted by molar-refractivity contribution is -0.136. The standard InChI is InChI=1S/C10H17F2NO3S/c1-16-17(15)10(11,12)9(14)13-7-8-5-3-2-4-6-8/h8H,2-7H2,1H3,(H,13,14). The summed E-state index contributed by atoms with van der Waals surface area (Å²) in [4.78, 5) is 11.2. The molecule has 1 fully saturated rings. The summed E-state index contributed by atoms with van der Waals surface area (Å²) in [5.41, 5.74) is 0. The van der Waals surface area contributed by atoms with Gasteiger partial charge in [-0.2, -0.15) is 8.78 Å². The molecule has 7 heteroatoms. The molecular formula is C10H17F2NO3S. The van der Waals surface area contributed by atoms with Gasteiger partial charge in [0.25, 0.3) is 0 Å². The van der Waals surface area contributed by atoms with E-state index < -0.39 is 22.2 Å². The molecule has 1 rings (SSSR count). The first kappa shape index (κ1) is 14.5. The fourth-order valence-electron chi connectivity index (χ4n) is 1.91. The van der Waals surface area contributed by atoms with Crippen LogP contribution in [-0.4, -0.2) is 29.0 Å². The summed E-state index contributed by atoms with van der Waals surface area (Å²) in [6, 6.07) is 0. The van der Waals surface area contributed by atoms with Gasteiger partial charge in [-0.25, -0.2) is 4.21 Å². The number of hydrogen-bond donors (Lipinski definition) is 1. The van der Waals surface area contributed by atoms with Crippen LogP contribution in [0.2, 0.25) is 0 Å². The molecule has 100 valence electrons. The van der Waals surface area contributed by atoms with Gasteiger partial charge >= 0.3 is 11.2 Å². The van der Waals surface area contributed by atoms with Gasteiger partial charge in [0.1, 0.15) is 0 Å². The van der Waals surface area contributed by atoms with E-state index >= 15 is 0 Å². The summed E-state index contributed by atoms with van der Waals surface area (Å²) in [5.74, 6) is -1.28. The number of halogens is 2. The van der Waals surface area contributed by atoms with E-state index in [1.54, 1.807) is 0 Å². The van der Waals surface area contributed by atoms with Crippen molar-refractivity contribution in [3.8, 4) is 0 Å². The molecule has 0 heterocycles. The number of carbonyl (C=O) groups is 1. The number of nitrogens with one attached hydrogen (secondary N) is 1. The number of rotatable bonds is 5. The quantitative estimate of drug-likeness (QED) is 0.824. The van der Waals surface area contributed by atoms with Crippen molar-refractivity contribution in [2.24, 2.45) is 5.92 Å². The van der Waals surface area contributed by atoms with Crippen LogP contribution in [0.25, 0.3) is 0 Å². The minimum Gasteiger partial charge on any atom is -0.350 e. The summed E-state index contributed by atoms with van der Waals surface area (Å²) in [7, 11) is 0.873. The monoisotopic (exact) mass is 269 g/mol. The summed E-state index contributed by atoms with van der Waals surface area (Å²) >= 11 is -2.92. The molecule has 1 atom stereocenters. The van der Waals surface area contributed by atoms with E-state index in [9.17, 15) is 17.8 Å². The highest BCUT2D eigenvalue weighted by Crippen LogP contribution is 2.24. The second-order valence-electron chi connectivity index (χ2n) is 4.13. The van der Waals surface area contributed by atoms with Gasteiger partial charge in [-0.3, -0.25) is 8.98 Å². The normalized spacial score (nSPS) is 19.9. The molecule has 0 aromatic carbocycles. The molecule has 0 aromatic rings. The van der Waals surface area contributed by atoms with E-state index in [0.717, 1.165) is 39.2 Å². The predicted molar refractivity (Wildman–Crippen MR) is 59.7 cm³/mol. The molecule has 1 unspecified atom stereocenters. The van der Waals surface area contributed by atoms with Crippen molar-refractivity contribution in [1.29, 1.82) is 0 Å². The van der Waals surface area contributed by atoms with E-state index in [1.807, 2.05) is 0 Å². The van der Waals surface area contributed by atoms with E-state index in [1.165, 1.54) is 0 Å². The van der Waals surface area contributed by atoms with Crippen molar-refractivity contribution in [2.45, 2.75) is 37.4 Å². The predicted octanol–water partition coefficient (Wildman–Crippen LogP) is 1.59. The first-order valence-electron chi connectivity index (χ1n) is 5.61. The molecule has 0 spiro atoms. The molecule has 0 saturated heterocycles.